The third kappa shape index (κ3) is 4.60. The Morgan fingerprint density at radius 3 is 2.46 bits per heavy atom. The summed E-state index contributed by atoms with van der Waals surface area (Å²) in [4.78, 5) is 27.8. The minimum absolute atomic E-state index is 0.00548. The highest BCUT2D eigenvalue weighted by molar-refractivity contribution is 7.16. The fourth-order valence-corrected chi connectivity index (χ4v) is 3.33. The van der Waals surface area contributed by atoms with Gasteiger partial charge in [-0.1, -0.05) is 0 Å². The molecule has 0 aliphatic rings. The van der Waals surface area contributed by atoms with Crippen molar-refractivity contribution in [3.63, 3.8) is 0 Å². The van der Waals surface area contributed by atoms with Crippen molar-refractivity contribution in [2.75, 3.05) is 12.4 Å². The summed E-state index contributed by atoms with van der Waals surface area (Å²) in [5.41, 5.74) is 2.44. The molecule has 3 aromatic rings. The third-order valence-corrected chi connectivity index (χ3v) is 4.81. The first kappa shape index (κ1) is 19.2. The Hall–Kier alpha value is -3.52. The first-order chi connectivity index (χ1) is 13.5. The summed E-state index contributed by atoms with van der Waals surface area (Å²) in [7, 11) is 1.61. The lowest BCUT2D eigenvalue weighted by Gasteiger charge is -2.01. The van der Waals surface area contributed by atoms with E-state index in [4.69, 9.17) is 4.74 Å². The first-order valence-corrected chi connectivity index (χ1v) is 9.13. The van der Waals surface area contributed by atoms with E-state index in [-0.39, 0.29) is 11.6 Å². The first-order valence-electron chi connectivity index (χ1n) is 8.31. The molecule has 1 aromatic heterocycles. The van der Waals surface area contributed by atoms with Crippen molar-refractivity contribution in [3.05, 3.63) is 75.2 Å². The number of aromatic nitrogens is 1. The van der Waals surface area contributed by atoms with Crippen molar-refractivity contribution in [3.8, 4) is 17.0 Å². The molecule has 3 rings (SSSR count). The number of nitro benzene ring substituents is 1. The quantitative estimate of drug-likeness (QED) is 0.371. The van der Waals surface area contributed by atoms with Crippen LogP contribution in [0.25, 0.3) is 17.3 Å². The average Bonchev–Trinajstić information content (AvgIpc) is 3.06. The molecule has 0 atom stereocenters. The van der Waals surface area contributed by atoms with Crippen LogP contribution in [0.3, 0.4) is 0 Å². The summed E-state index contributed by atoms with van der Waals surface area (Å²) in [5, 5.41) is 13.9. The zero-order valence-corrected chi connectivity index (χ0v) is 16.0. The zero-order chi connectivity index (χ0) is 20.1. The Morgan fingerprint density at radius 1 is 1.18 bits per heavy atom. The normalized spacial score (nSPS) is 10.8. The van der Waals surface area contributed by atoms with Gasteiger partial charge in [0.25, 0.3) is 5.69 Å². The highest BCUT2D eigenvalue weighted by Crippen LogP contribution is 2.31. The number of thiazole rings is 1. The number of amides is 1. The Bertz CT molecular complexity index is 1020. The topological polar surface area (TPSA) is 94.4 Å². The average molecular weight is 395 g/mol. The molecular formula is C20H17N3O4S. The van der Waals surface area contributed by atoms with E-state index in [0.717, 1.165) is 21.9 Å². The maximum atomic E-state index is 12.1. The monoisotopic (exact) mass is 395 g/mol. The Labute approximate surface area is 165 Å². The summed E-state index contributed by atoms with van der Waals surface area (Å²) < 4.78 is 5.16. The van der Waals surface area contributed by atoms with E-state index >= 15 is 0 Å². The molecule has 142 valence electrons. The van der Waals surface area contributed by atoms with E-state index in [2.05, 4.69) is 10.3 Å². The molecule has 8 heteroatoms. The lowest BCUT2D eigenvalue weighted by molar-refractivity contribution is -0.384. The van der Waals surface area contributed by atoms with E-state index in [1.165, 1.54) is 29.5 Å². The number of methoxy groups -OCH3 is 1. The van der Waals surface area contributed by atoms with Crippen molar-refractivity contribution in [1.29, 1.82) is 0 Å². The molecule has 0 spiro atoms. The molecule has 1 N–H and O–H groups in total. The number of carbonyl (C=O) groups excluding carboxylic acids is 1. The van der Waals surface area contributed by atoms with Crippen molar-refractivity contribution < 1.29 is 14.5 Å². The van der Waals surface area contributed by atoms with Gasteiger partial charge >= 0.3 is 0 Å². The summed E-state index contributed by atoms with van der Waals surface area (Å²) in [6.45, 7) is 1.94. The Kier molecular flexibility index (Phi) is 5.81. The molecule has 28 heavy (non-hydrogen) atoms. The van der Waals surface area contributed by atoms with Gasteiger partial charge in [0.2, 0.25) is 5.91 Å². The van der Waals surface area contributed by atoms with Crippen LogP contribution in [0, 0.1) is 17.0 Å². The minimum atomic E-state index is -0.467. The van der Waals surface area contributed by atoms with E-state index in [1.54, 1.807) is 25.3 Å². The van der Waals surface area contributed by atoms with E-state index < -0.39 is 4.92 Å². The second-order valence-electron chi connectivity index (χ2n) is 5.82. The minimum Gasteiger partial charge on any atom is -0.497 e. The highest BCUT2D eigenvalue weighted by atomic mass is 32.1. The van der Waals surface area contributed by atoms with Gasteiger partial charge in [-0.3, -0.25) is 20.2 Å². The van der Waals surface area contributed by atoms with Crippen LogP contribution in [-0.2, 0) is 4.79 Å². The summed E-state index contributed by atoms with van der Waals surface area (Å²) in [6, 6.07) is 13.5. The zero-order valence-electron chi connectivity index (χ0n) is 15.2. The van der Waals surface area contributed by atoms with Crippen molar-refractivity contribution in [2.24, 2.45) is 0 Å². The number of hydrogen-bond acceptors (Lipinski definition) is 6. The molecule has 0 unspecified atom stereocenters. The van der Waals surface area contributed by atoms with Crippen LogP contribution >= 0.6 is 11.3 Å². The van der Waals surface area contributed by atoms with Crippen LogP contribution in [0.2, 0.25) is 0 Å². The maximum absolute atomic E-state index is 12.1. The van der Waals surface area contributed by atoms with Crippen LogP contribution in [0.5, 0.6) is 5.75 Å². The molecule has 1 amide bonds. The SMILES string of the molecule is COc1ccc(-c2nc(NC(=O)/C=C/c3ccc([N+](=O)[O-])cc3)sc2C)cc1. The van der Waals surface area contributed by atoms with Gasteiger partial charge in [0.15, 0.2) is 5.13 Å². The number of nitrogens with zero attached hydrogens (tertiary/aromatic N) is 2. The lowest BCUT2D eigenvalue weighted by Crippen LogP contribution is -2.07. The molecule has 0 bridgehead atoms. The Balaban J connectivity index is 1.67. The van der Waals surface area contributed by atoms with Gasteiger partial charge in [-0.15, -0.1) is 11.3 Å². The van der Waals surface area contributed by atoms with Crippen LogP contribution in [0.15, 0.2) is 54.6 Å². The lowest BCUT2D eigenvalue weighted by atomic mass is 10.1. The maximum Gasteiger partial charge on any atom is 0.269 e. The van der Waals surface area contributed by atoms with Gasteiger partial charge in [-0.25, -0.2) is 4.98 Å². The summed E-state index contributed by atoms with van der Waals surface area (Å²) >= 11 is 1.39. The van der Waals surface area contributed by atoms with Gasteiger partial charge in [-0.05, 0) is 55.0 Å². The fourth-order valence-electron chi connectivity index (χ4n) is 2.49. The summed E-state index contributed by atoms with van der Waals surface area (Å²) in [5.74, 6) is 0.440. The van der Waals surface area contributed by atoms with Crippen LogP contribution < -0.4 is 10.1 Å². The van der Waals surface area contributed by atoms with E-state index in [1.807, 2.05) is 31.2 Å². The van der Waals surface area contributed by atoms with Gasteiger partial charge in [0, 0.05) is 28.6 Å². The molecule has 0 radical (unpaired) electrons. The molecule has 7 nitrogen and oxygen atoms in total. The number of aryl methyl sites for hydroxylation is 1. The van der Waals surface area contributed by atoms with Gasteiger partial charge in [0.1, 0.15) is 5.75 Å². The van der Waals surface area contributed by atoms with Crippen molar-refractivity contribution in [2.45, 2.75) is 6.92 Å². The molecular weight excluding hydrogens is 378 g/mol. The standard InChI is InChI=1S/C20H17N3O4S/c1-13-19(15-6-10-17(27-2)11-7-15)22-20(28-13)21-18(24)12-5-14-3-8-16(9-4-14)23(25)26/h3-12H,1-2H3,(H,21,22,24)/b12-5+. The largest absolute Gasteiger partial charge is 0.497 e. The number of nitrogens with one attached hydrogen (secondary N) is 1. The molecule has 0 saturated carbocycles. The van der Waals surface area contributed by atoms with E-state index in [0.29, 0.717) is 10.7 Å². The number of rotatable bonds is 6. The third-order valence-electron chi connectivity index (χ3n) is 3.92. The number of hydrogen-bond donors (Lipinski definition) is 1. The number of non-ortho nitro benzene ring substituents is 1. The van der Waals surface area contributed by atoms with Gasteiger partial charge in [0.05, 0.1) is 17.7 Å². The molecule has 0 aliphatic heterocycles. The Morgan fingerprint density at radius 2 is 1.86 bits per heavy atom. The molecule has 1 heterocycles. The predicted octanol–water partition coefficient (Wildman–Crippen LogP) is 4.69. The van der Waals surface area contributed by atoms with Crippen molar-refractivity contribution in [1.82, 2.24) is 4.98 Å². The number of nitro groups is 1. The smallest absolute Gasteiger partial charge is 0.269 e. The van der Waals surface area contributed by atoms with Crippen LogP contribution in [0.4, 0.5) is 10.8 Å². The van der Waals surface area contributed by atoms with Crippen LogP contribution in [-0.4, -0.2) is 22.9 Å². The second kappa shape index (κ2) is 8.45. The van der Waals surface area contributed by atoms with Crippen LogP contribution in [0.1, 0.15) is 10.4 Å². The highest BCUT2D eigenvalue weighted by Gasteiger charge is 2.11. The fraction of sp³-hybridized carbons (Fsp3) is 0.100. The second-order valence-corrected chi connectivity index (χ2v) is 7.03. The molecule has 0 saturated heterocycles. The number of carbonyl (C=O) groups is 1. The molecule has 2 aromatic carbocycles. The number of anilines is 1. The molecule has 0 aliphatic carbocycles. The predicted molar refractivity (Wildman–Crippen MR) is 110 cm³/mol. The molecule has 0 fully saturated rings. The van der Waals surface area contributed by atoms with Gasteiger partial charge in [-0.2, -0.15) is 0 Å². The summed E-state index contributed by atoms with van der Waals surface area (Å²) in [6.07, 6.45) is 2.95. The van der Waals surface area contributed by atoms with E-state index in [9.17, 15) is 14.9 Å². The van der Waals surface area contributed by atoms with Crippen molar-refractivity contribution >= 4 is 34.1 Å². The number of benzene rings is 2. The van der Waals surface area contributed by atoms with Gasteiger partial charge < -0.3 is 4.74 Å². The number of ether oxygens (including phenoxy) is 1.